The Bertz CT molecular complexity index is 1160. The zero-order valence-electron chi connectivity index (χ0n) is 19.7. The lowest BCUT2D eigenvalue weighted by atomic mass is 10.0. The van der Waals surface area contributed by atoms with Gasteiger partial charge in [-0.25, -0.2) is 4.39 Å². The van der Waals surface area contributed by atoms with E-state index in [0.29, 0.717) is 24.3 Å². The normalized spacial score (nSPS) is 11.3. The van der Waals surface area contributed by atoms with E-state index in [2.05, 4.69) is 14.9 Å². The van der Waals surface area contributed by atoms with Crippen molar-refractivity contribution in [1.82, 2.24) is 14.9 Å². The Balaban J connectivity index is 1.92. The SMILES string of the molecule is CC(C)OCc1cc(C(=O)NCc2cc(F)cc([N+](=O)[O-])c2)c(C(C)C)n1Cc1cccnc1. The first-order valence-electron chi connectivity index (χ1n) is 11.1. The van der Waals surface area contributed by atoms with E-state index in [1.807, 2.05) is 45.9 Å². The van der Waals surface area contributed by atoms with Crippen LogP contribution < -0.4 is 5.32 Å². The number of carbonyl (C=O) groups excluding carboxylic acids is 1. The summed E-state index contributed by atoms with van der Waals surface area (Å²) in [6.07, 6.45) is 3.51. The first-order chi connectivity index (χ1) is 16.2. The van der Waals surface area contributed by atoms with Gasteiger partial charge in [0, 0.05) is 42.9 Å². The van der Waals surface area contributed by atoms with Crippen molar-refractivity contribution >= 4 is 11.6 Å². The Morgan fingerprint density at radius 2 is 1.97 bits per heavy atom. The average molecular weight is 469 g/mol. The first-order valence-corrected chi connectivity index (χ1v) is 11.1. The van der Waals surface area contributed by atoms with Crippen LogP contribution in [0.4, 0.5) is 10.1 Å². The van der Waals surface area contributed by atoms with Gasteiger partial charge in [0.15, 0.2) is 0 Å². The van der Waals surface area contributed by atoms with Gasteiger partial charge in [0.25, 0.3) is 11.6 Å². The van der Waals surface area contributed by atoms with E-state index in [-0.39, 0.29) is 30.2 Å². The highest BCUT2D eigenvalue weighted by atomic mass is 19.1. The van der Waals surface area contributed by atoms with Crippen molar-refractivity contribution in [2.24, 2.45) is 0 Å². The number of benzene rings is 1. The standard InChI is InChI=1S/C25H29FN4O4/c1-16(2)24-23(25(31)28-13-19-8-20(26)10-21(9-19)30(32)33)11-22(15-34-17(3)4)29(24)14-18-6-5-7-27-12-18/h5-12,16-17H,13-15H2,1-4H3,(H,28,31). The molecular formula is C25H29FN4O4. The molecule has 2 aromatic heterocycles. The van der Waals surface area contributed by atoms with Crippen molar-refractivity contribution in [3.63, 3.8) is 0 Å². The number of carbonyl (C=O) groups is 1. The summed E-state index contributed by atoms with van der Waals surface area (Å²) in [5.41, 5.74) is 3.13. The van der Waals surface area contributed by atoms with Crippen molar-refractivity contribution in [3.8, 4) is 0 Å². The smallest absolute Gasteiger partial charge is 0.272 e. The van der Waals surface area contributed by atoms with Gasteiger partial charge in [-0.2, -0.15) is 0 Å². The molecule has 0 atom stereocenters. The number of hydrogen-bond acceptors (Lipinski definition) is 5. The van der Waals surface area contributed by atoms with Gasteiger partial charge >= 0.3 is 0 Å². The van der Waals surface area contributed by atoms with Crippen LogP contribution in [-0.4, -0.2) is 26.5 Å². The molecule has 2 heterocycles. The number of ether oxygens (including phenoxy) is 1. The van der Waals surface area contributed by atoms with E-state index in [1.165, 1.54) is 12.1 Å². The van der Waals surface area contributed by atoms with Crippen LogP contribution >= 0.6 is 0 Å². The first kappa shape index (κ1) is 25.0. The van der Waals surface area contributed by atoms with Crippen molar-refractivity contribution in [2.75, 3.05) is 0 Å². The lowest BCUT2D eigenvalue weighted by molar-refractivity contribution is -0.385. The van der Waals surface area contributed by atoms with Gasteiger partial charge in [-0.3, -0.25) is 19.9 Å². The Kier molecular flexibility index (Phi) is 8.12. The molecule has 0 saturated heterocycles. The third-order valence-corrected chi connectivity index (χ3v) is 5.25. The van der Waals surface area contributed by atoms with Gasteiger partial charge in [-0.1, -0.05) is 19.9 Å². The maximum atomic E-state index is 13.8. The van der Waals surface area contributed by atoms with Gasteiger partial charge in [0.1, 0.15) is 5.82 Å². The number of non-ortho nitro benzene ring substituents is 1. The molecule has 0 saturated carbocycles. The Morgan fingerprint density at radius 3 is 2.59 bits per heavy atom. The number of nitrogens with zero attached hydrogens (tertiary/aromatic N) is 3. The Hall–Kier alpha value is -3.59. The van der Waals surface area contributed by atoms with Crippen LogP contribution in [0.5, 0.6) is 0 Å². The highest BCUT2D eigenvalue weighted by molar-refractivity contribution is 5.96. The number of halogens is 1. The number of pyridine rings is 1. The summed E-state index contributed by atoms with van der Waals surface area (Å²) in [6, 6.07) is 8.93. The number of nitro groups is 1. The number of nitrogens with one attached hydrogen (secondary N) is 1. The fourth-order valence-corrected chi connectivity index (χ4v) is 3.77. The molecule has 0 spiro atoms. The predicted molar refractivity (Wildman–Crippen MR) is 126 cm³/mol. The van der Waals surface area contributed by atoms with Crippen molar-refractivity contribution in [2.45, 2.75) is 59.4 Å². The molecule has 0 aliphatic heterocycles. The molecular weight excluding hydrogens is 439 g/mol. The zero-order valence-corrected chi connectivity index (χ0v) is 19.7. The molecule has 34 heavy (non-hydrogen) atoms. The van der Waals surface area contributed by atoms with Gasteiger partial charge in [-0.15, -0.1) is 0 Å². The third-order valence-electron chi connectivity index (χ3n) is 5.25. The molecule has 1 aromatic carbocycles. The Labute approximate surface area is 197 Å². The second-order valence-electron chi connectivity index (χ2n) is 8.65. The van der Waals surface area contributed by atoms with Crippen LogP contribution in [0.15, 0.2) is 48.8 Å². The molecule has 1 amide bonds. The monoisotopic (exact) mass is 468 g/mol. The Morgan fingerprint density at radius 1 is 1.21 bits per heavy atom. The van der Waals surface area contributed by atoms with Crippen molar-refractivity contribution in [3.05, 3.63) is 92.8 Å². The second kappa shape index (κ2) is 11.0. The van der Waals surface area contributed by atoms with Gasteiger partial charge in [0.2, 0.25) is 0 Å². The minimum atomic E-state index is -0.725. The summed E-state index contributed by atoms with van der Waals surface area (Å²) >= 11 is 0. The van der Waals surface area contributed by atoms with Crippen LogP contribution in [0, 0.1) is 15.9 Å². The molecule has 9 heteroatoms. The lowest BCUT2D eigenvalue weighted by Gasteiger charge is -2.18. The third kappa shape index (κ3) is 6.26. The van der Waals surface area contributed by atoms with Crippen molar-refractivity contribution in [1.29, 1.82) is 0 Å². The fraction of sp³-hybridized carbons (Fsp3) is 0.360. The molecule has 3 rings (SSSR count). The zero-order chi connectivity index (χ0) is 24.8. The molecule has 3 aromatic rings. The highest BCUT2D eigenvalue weighted by Crippen LogP contribution is 2.27. The topological polar surface area (TPSA) is 99.3 Å². The quantitative estimate of drug-likeness (QED) is 0.335. The molecule has 0 bridgehead atoms. The minimum absolute atomic E-state index is 0.0188. The molecule has 0 radical (unpaired) electrons. The largest absolute Gasteiger partial charge is 0.373 e. The van der Waals surface area contributed by atoms with E-state index in [4.69, 9.17) is 4.74 Å². The van der Waals surface area contributed by atoms with E-state index in [9.17, 15) is 19.3 Å². The summed E-state index contributed by atoms with van der Waals surface area (Å²) in [4.78, 5) is 27.7. The number of rotatable bonds is 10. The molecule has 180 valence electrons. The fourth-order valence-electron chi connectivity index (χ4n) is 3.77. The van der Waals surface area contributed by atoms with E-state index < -0.39 is 10.7 Å². The lowest BCUT2D eigenvalue weighted by Crippen LogP contribution is -2.24. The maximum Gasteiger partial charge on any atom is 0.272 e. The van der Waals surface area contributed by atoms with Crippen LogP contribution in [-0.2, 0) is 24.4 Å². The van der Waals surface area contributed by atoms with Gasteiger partial charge in [0.05, 0.1) is 29.3 Å². The van der Waals surface area contributed by atoms with Crippen LogP contribution in [0.3, 0.4) is 0 Å². The molecule has 8 nitrogen and oxygen atoms in total. The maximum absolute atomic E-state index is 13.8. The van der Waals surface area contributed by atoms with Crippen LogP contribution in [0.1, 0.15) is 66.5 Å². The highest BCUT2D eigenvalue weighted by Gasteiger charge is 2.23. The average Bonchev–Trinajstić information content (AvgIpc) is 3.14. The second-order valence-corrected chi connectivity index (χ2v) is 8.65. The number of aromatic nitrogens is 2. The molecule has 0 aliphatic carbocycles. The number of hydrogen-bond donors (Lipinski definition) is 1. The van der Waals surface area contributed by atoms with E-state index in [1.54, 1.807) is 12.4 Å². The summed E-state index contributed by atoms with van der Waals surface area (Å²) in [7, 11) is 0. The molecule has 0 fully saturated rings. The molecule has 1 N–H and O–H groups in total. The summed E-state index contributed by atoms with van der Waals surface area (Å²) in [6.45, 7) is 8.74. The number of amides is 1. The van der Waals surface area contributed by atoms with Crippen molar-refractivity contribution < 1.29 is 18.8 Å². The molecule has 0 aliphatic rings. The molecule has 0 unspecified atom stereocenters. The van der Waals surface area contributed by atoms with Crippen LogP contribution in [0.25, 0.3) is 0 Å². The summed E-state index contributed by atoms with van der Waals surface area (Å²) in [5, 5.41) is 13.8. The summed E-state index contributed by atoms with van der Waals surface area (Å²) < 4.78 is 21.7. The van der Waals surface area contributed by atoms with E-state index in [0.717, 1.165) is 23.0 Å². The van der Waals surface area contributed by atoms with E-state index >= 15 is 0 Å². The number of nitro benzene ring substituents is 1. The van der Waals surface area contributed by atoms with Gasteiger partial charge in [-0.05, 0) is 49.1 Å². The predicted octanol–water partition coefficient (Wildman–Crippen LogP) is 4.96. The van der Waals surface area contributed by atoms with Gasteiger partial charge < -0.3 is 14.6 Å². The van der Waals surface area contributed by atoms with Crippen LogP contribution in [0.2, 0.25) is 0 Å². The summed E-state index contributed by atoms with van der Waals surface area (Å²) in [5.74, 6) is -1.04. The minimum Gasteiger partial charge on any atom is -0.373 e.